The first-order valence-corrected chi connectivity index (χ1v) is 6.21. The van der Waals surface area contributed by atoms with Gasteiger partial charge in [0.25, 0.3) is 5.92 Å². The van der Waals surface area contributed by atoms with Crippen molar-refractivity contribution in [2.75, 3.05) is 0 Å². The fourth-order valence-corrected chi connectivity index (χ4v) is 1.86. The molecule has 0 unspecified atom stereocenters. The van der Waals surface area contributed by atoms with Crippen molar-refractivity contribution in [1.82, 2.24) is 9.78 Å². The Hall–Kier alpha value is -2.22. The second-order valence-electron chi connectivity index (χ2n) is 5.26. The van der Waals surface area contributed by atoms with Crippen molar-refractivity contribution in [2.45, 2.75) is 32.2 Å². The lowest BCUT2D eigenvalue weighted by Gasteiger charge is -2.15. The molecule has 0 saturated carbocycles. The molecule has 0 radical (unpaired) electrons. The highest BCUT2D eigenvalue weighted by Crippen LogP contribution is 2.35. The molecule has 20 heavy (non-hydrogen) atoms. The Morgan fingerprint density at radius 2 is 1.75 bits per heavy atom. The number of rotatable bonds is 3. The summed E-state index contributed by atoms with van der Waals surface area (Å²) < 4.78 is 28.8. The molecular formula is C15H15F2N3. The fraction of sp³-hybridized carbons (Fsp3) is 0.333. The summed E-state index contributed by atoms with van der Waals surface area (Å²) in [5.74, 6) is -3.07. The summed E-state index contributed by atoms with van der Waals surface area (Å²) in [6.07, 6.45) is 1.51. The topological polar surface area (TPSA) is 41.6 Å². The second-order valence-corrected chi connectivity index (χ2v) is 5.26. The molecule has 0 spiro atoms. The molecule has 5 heteroatoms. The molecule has 1 aromatic heterocycles. The van der Waals surface area contributed by atoms with Crippen LogP contribution in [0.2, 0.25) is 0 Å². The molecule has 0 amide bonds. The van der Waals surface area contributed by atoms with E-state index in [9.17, 15) is 8.78 Å². The van der Waals surface area contributed by atoms with Crippen molar-refractivity contribution >= 4 is 0 Å². The average molecular weight is 275 g/mol. The van der Waals surface area contributed by atoms with Gasteiger partial charge in [-0.25, -0.2) is 0 Å². The van der Waals surface area contributed by atoms with Crippen LogP contribution >= 0.6 is 0 Å². The molecule has 0 fully saturated rings. The van der Waals surface area contributed by atoms with E-state index in [4.69, 9.17) is 5.26 Å². The molecule has 0 saturated heterocycles. The first-order chi connectivity index (χ1) is 9.25. The lowest BCUT2D eigenvalue weighted by atomic mass is 10.0. The van der Waals surface area contributed by atoms with Crippen LogP contribution in [0.4, 0.5) is 8.78 Å². The number of benzene rings is 1. The Bertz CT molecular complexity index is 646. The Balaban J connectivity index is 2.65. The summed E-state index contributed by atoms with van der Waals surface area (Å²) in [5.41, 5.74) is -0.287. The molecule has 2 aromatic rings. The van der Waals surface area contributed by atoms with Crippen molar-refractivity contribution in [2.24, 2.45) is 0 Å². The molecular weight excluding hydrogens is 260 g/mol. The molecule has 0 N–H and O–H groups in total. The third kappa shape index (κ3) is 2.55. The van der Waals surface area contributed by atoms with E-state index in [-0.39, 0.29) is 5.69 Å². The van der Waals surface area contributed by atoms with E-state index in [1.807, 2.05) is 6.07 Å². The van der Waals surface area contributed by atoms with Crippen molar-refractivity contribution < 1.29 is 8.78 Å². The third-order valence-corrected chi connectivity index (χ3v) is 3.06. The maximum atomic E-state index is 13.7. The molecule has 2 rings (SSSR count). The van der Waals surface area contributed by atoms with Gasteiger partial charge in [0.15, 0.2) is 0 Å². The van der Waals surface area contributed by atoms with Crippen molar-refractivity contribution in [3.05, 3.63) is 42.2 Å². The van der Waals surface area contributed by atoms with E-state index in [1.165, 1.54) is 10.9 Å². The molecule has 0 aliphatic carbocycles. The first kappa shape index (κ1) is 14.2. The molecule has 0 bridgehead atoms. The smallest absolute Gasteiger partial charge is 0.252 e. The van der Waals surface area contributed by atoms with Crippen LogP contribution in [0.25, 0.3) is 11.1 Å². The summed E-state index contributed by atoms with van der Waals surface area (Å²) in [6, 6.07) is 10.9. The first-order valence-electron chi connectivity index (χ1n) is 6.21. The van der Waals surface area contributed by atoms with Gasteiger partial charge in [0.2, 0.25) is 0 Å². The van der Waals surface area contributed by atoms with Crippen LogP contribution in [-0.2, 0) is 11.5 Å². The fourth-order valence-electron chi connectivity index (χ4n) is 1.86. The zero-order valence-electron chi connectivity index (χ0n) is 11.6. The lowest BCUT2D eigenvalue weighted by molar-refractivity contribution is 0.0123. The molecule has 3 nitrogen and oxygen atoms in total. The standard InChI is InChI=1S/C15H15F2N3/c1-14(2,10-18)20-9-12(11-7-5-4-6-8-11)13(19-20)15(3,16)17/h4-9H,1-3H3. The Labute approximate surface area is 116 Å². The quantitative estimate of drug-likeness (QED) is 0.852. The SMILES string of the molecule is CC(F)(F)c1nn(C(C)(C)C#N)cc1-c1ccccc1. The van der Waals surface area contributed by atoms with Crippen molar-refractivity contribution in [3.8, 4) is 17.2 Å². The Morgan fingerprint density at radius 3 is 2.25 bits per heavy atom. The zero-order valence-corrected chi connectivity index (χ0v) is 11.6. The highest BCUT2D eigenvalue weighted by Gasteiger charge is 2.34. The van der Waals surface area contributed by atoms with Crippen LogP contribution < -0.4 is 0 Å². The van der Waals surface area contributed by atoms with Crippen LogP contribution in [0.15, 0.2) is 36.5 Å². The number of nitrogens with zero attached hydrogens (tertiary/aromatic N) is 3. The van der Waals surface area contributed by atoms with Crippen molar-refractivity contribution in [3.63, 3.8) is 0 Å². The largest absolute Gasteiger partial charge is 0.289 e. The maximum absolute atomic E-state index is 13.7. The van der Waals surface area contributed by atoms with Crippen LogP contribution in [0.5, 0.6) is 0 Å². The van der Waals surface area contributed by atoms with Gasteiger partial charge in [0, 0.05) is 18.7 Å². The van der Waals surface area contributed by atoms with Gasteiger partial charge in [0.1, 0.15) is 11.2 Å². The minimum Gasteiger partial charge on any atom is -0.252 e. The molecule has 0 aliphatic rings. The average Bonchev–Trinajstić information content (AvgIpc) is 2.85. The van der Waals surface area contributed by atoms with E-state index in [0.29, 0.717) is 11.1 Å². The molecule has 1 aromatic carbocycles. The highest BCUT2D eigenvalue weighted by atomic mass is 19.3. The van der Waals surface area contributed by atoms with Gasteiger partial charge in [-0.15, -0.1) is 0 Å². The number of alkyl halides is 2. The minimum absolute atomic E-state index is 0.313. The van der Waals surface area contributed by atoms with Crippen LogP contribution in [0, 0.1) is 11.3 Å². The molecule has 0 aliphatic heterocycles. The van der Waals surface area contributed by atoms with Crippen LogP contribution in [0.3, 0.4) is 0 Å². The van der Waals surface area contributed by atoms with Gasteiger partial charge in [-0.3, -0.25) is 4.68 Å². The Kier molecular flexibility index (Phi) is 3.34. The number of aromatic nitrogens is 2. The predicted octanol–water partition coefficient (Wildman–Crippen LogP) is 3.92. The zero-order chi connectivity index (χ0) is 15.0. The second kappa shape index (κ2) is 4.71. The van der Waals surface area contributed by atoms with Crippen LogP contribution in [-0.4, -0.2) is 9.78 Å². The van der Waals surface area contributed by atoms with E-state index in [0.717, 1.165) is 6.92 Å². The maximum Gasteiger partial charge on any atom is 0.289 e. The predicted molar refractivity (Wildman–Crippen MR) is 72.2 cm³/mol. The third-order valence-electron chi connectivity index (χ3n) is 3.06. The van der Waals surface area contributed by atoms with Gasteiger partial charge in [-0.05, 0) is 19.4 Å². The van der Waals surface area contributed by atoms with E-state index in [2.05, 4.69) is 11.2 Å². The van der Waals surface area contributed by atoms with Gasteiger partial charge < -0.3 is 0 Å². The molecule has 1 heterocycles. The summed E-state index contributed by atoms with van der Waals surface area (Å²) in [4.78, 5) is 0. The summed E-state index contributed by atoms with van der Waals surface area (Å²) in [5, 5.41) is 13.1. The highest BCUT2D eigenvalue weighted by molar-refractivity contribution is 5.66. The lowest BCUT2D eigenvalue weighted by Crippen LogP contribution is -2.25. The van der Waals surface area contributed by atoms with Crippen molar-refractivity contribution in [1.29, 1.82) is 5.26 Å². The number of hydrogen-bond donors (Lipinski definition) is 0. The van der Waals surface area contributed by atoms with E-state index in [1.54, 1.807) is 38.1 Å². The monoisotopic (exact) mass is 275 g/mol. The Morgan fingerprint density at radius 1 is 1.15 bits per heavy atom. The van der Waals surface area contributed by atoms with Gasteiger partial charge in [-0.1, -0.05) is 30.3 Å². The number of nitriles is 1. The van der Waals surface area contributed by atoms with Gasteiger partial charge in [-0.2, -0.15) is 19.1 Å². The van der Waals surface area contributed by atoms with Gasteiger partial charge >= 0.3 is 0 Å². The summed E-state index contributed by atoms with van der Waals surface area (Å²) in [6.45, 7) is 4.07. The number of halogens is 2. The number of hydrogen-bond acceptors (Lipinski definition) is 2. The van der Waals surface area contributed by atoms with Gasteiger partial charge in [0.05, 0.1) is 6.07 Å². The normalized spacial score (nSPS) is 12.2. The summed E-state index contributed by atoms with van der Waals surface area (Å²) in [7, 11) is 0. The summed E-state index contributed by atoms with van der Waals surface area (Å²) >= 11 is 0. The van der Waals surface area contributed by atoms with Crippen LogP contribution in [0.1, 0.15) is 26.5 Å². The van der Waals surface area contributed by atoms with E-state index >= 15 is 0 Å². The molecule has 104 valence electrons. The minimum atomic E-state index is -3.07. The van der Waals surface area contributed by atoms with E-state index < -0.39 is 11.5 Å². The molecule has 0 atom stereocenters.